The molecule has 1 heterocycles. The van der Waals surface area contributed by atoms with E-state index < -0.39 is 5.82 Å². The molecule has 1 aromatic heterocycles. The molecule has 0 fully saturated rings. The van der Waals surface area contributed by atoms with E-state index in [4.69, 9.17) is 0 Å². The summed E-state index contributed by atoms with van der Waals surface area (Å²) in [6.07, 6.45) is 0. The number of rotatable bonds is 4. The summed E-state index contributed by atoms with van der Waals surface area (Å²) < 4.78 is 13.7. The molecule has 0 N–H and O–H groups in total. The summed E-state index contributed by atoms with van der Waals surface area (Å²) in [5, 5.41) is 1.93. The van der Waals surface area contributed by atoms with E-state index in [2.05, 4.69) is 4.98 Å². The van der Waals surface area contributed by atoms with Crippen LogP contribution in [0.3, 0.4) is 0 Å². The Bertz CT molecular complexity index is 554. The van der Waals surface area contributed by atoms with Gasteiger partial charge in [0.25, 0.3) is 0 Å². The highest BCUT2D eigenvalue weighted by molar-refractivity contribution is 7.07. The van der Waals surface area contributed by atoms with Gasteiger partial charge in [0.2, 0.25) is 0 Å². The molecule has 0 bridgehead atoms. The summed E-state index contributed by atoms with van der Waals surface area (Å²) in [7, 11) is 1.82. The number of thiazole rings is 1. The number of carbonyl (C=O) groups is 1. The fraction of sp³-hybridized carbons (Fsp3) is 0.231. The molecule has 0 aliphatic heterocycles. The zero-order valence-electron chi connectivity index (χ0n) is 10.2. The molecule has 0 saturated heterocycles. The van der Waals surface area contributed by atoms with Gasteiger partial charge in [-0.25, -0.2) is 9.37 Å². The Labute approximate surface area is 109 Å². The normalized spacial score (nSPS) is 10.4. The predicted octanol–water partition coefficient (Wildman–Crippen LogP) is 3.12. The van der Waals surface area contributed by atoms with E-state index in [0.29, 0.717) is 12.2 Å². The summed E-state index contributed by atoms with van der Waals surface area (Å²) in [6, 6.07) is 4.65. The van der Waals surface area contributed by atoms with Crippen LogP contribution in [0.2, 0.25) is 0 Å². The van der Waals surface area contributed by atoms with Crippen LogP contribution in [0.15, 0.2) is 29.1 Å². The first-order chi connectivity index (χ1) is 8.59. The van der Waals surface area contributed by atoms with E-state index >= 15 is 0 Å². The highest BCUT2D eigenvalue weighted by Gasteiger charge is 2.16. The van der Waals surface area contributed by atoms with Crippen LogP contribution in [0.4, 0.5) is 10.1 Å². The van der Waals surface area contributed by atoms with Crippen LogP contribution >= 0.6 is 11.3 Å². The molecule has 0 radical (unpaired) electrons. The quantitative estimate of drug-likeness (QED) is 0.795. The standard InChI is InChI=1S/C13H13FN2OS/c1-9(17)13-11(14)4-3-5-12(13)16(2)6-10-7-18-8-15-10/h3-5,7-8H,6H2,1-2H3. The Hall–Kier alpha value is -1.75. The van der Waals surface area contributed by atoms with Gasteiger partial charge in [-0.05, 0) is 19.1 Å². The number of hydrogen-bond acceptors (Lipinski definition) is 4. The van der Waals surface area contributed by atoms with Crippen LogP contribution in [0, 0.1) is 5.82 Å². The van der Waals surface area contributed by atoms with Gasteiger partial charge in [0.05, 0.1) is 29.0 Å². The second kappa shape index (κ2) is 5.27. The molecular weight excluding hydrogens is 251 g/mol. The Morgan fingerprint density at radius 3 is 2.89 bits per heavy atom. The molecule has 0 aliphatic rings. The fourth-order valence-electron chi connectivity index (χ4n) is 1.82. The third kappa shape index (κ3) is 2.56. The second-order valence-electron chi connectivity index (χ2n) is 4.03. The van der Waals surface area contributed by atoms with E-state index in [1.807, 2.05) is 17.3 Å². The number of benzene rings is 1. The van der Waals surface area contributed by atoms with Crippen LogP contribution in [-0.4, -0.2) is 17.8 Å². The number of Topliss-reactive ketones (excluding diaryl/α,β-unsaturated/α-hetero) is 1. The molecule has 0 unspecified atom stereocenters. The van der Waals surface area contributed by atoms with Gasteiger partial charge >= 0.3 is 0 Å². The summed E-state index contributed by atoms with van der Waals surface area (Å²) in [6.45, 7) is 1.92. The average Bonchev–Trinajstić information content (AvgIpc) is 2.80. The van der Waals surface area contributed by atoms with Crippen molar-refractivity contribution < 1.29 is 9.18 Å². The van der Waals surface area contributed by atoms with Gasteiger partial charge in [0, 0.05) is 12.4 Å². The molecule has 0 atom stereocenters. The SMILES string of the molecule is CC(=O)c1c(F)cccc1N(C)Cc1cscn1. The molecule has 0 spiro atoms. The highest BCUT2D eigenvalue weighted by atomic mass is 32.1. The number of nitrogens with zero attached hydrogens (tertiary/aromatic N) is 2. The molecule has 0 saturated carbocycles. The van der Waals surface area contributed by atoms with Crippen LogP contribution in [0.1, 0.15) is 23.0 Å². The molecule has 2 rings (SSSR count). The lowest BCUT2D eigenvalue weighted by Crippen LogP contribution is -2.19. The van der Waals surface area contributed by atoms with Crippen molar-refractivity contribution in [3.8, 4) is 0 Å². The molecule has 0 aliphatic carbocycles. The molecule has 18 heavy (non-hydrogen) atoms. The second-order valence-corrected chi connectivity index (χ2v) is 4.74. The summed E-state index contributed by atoms with van der Waals surface area (Å²) in [4.78, 5) is 17.5. The smallest absolute Gasteiger partial charge is 0.164 e. The highest BCUT2D eigenvalue weighted by Crippen LogP contribution is 2.24. The number of carbonyl (C=O) groups excluding carboxylic acids is 1. The van der Waals surface area contributed by atoms with Crippen LogP contribution in [0.5, 0.6) is 0 Å². The van der Waals surface area contributed by atoms with Crippen molar-refractivity contribution in [2.45, 2.75) is 13.5 Å². The van der Waals surface area contributed by atoms with Crippen molar-refractivity contribution in [1.29, 1.82) is 0 Å². The van der Waals surface area contributed by atoms with Gasteiger partial charge < -0.3 is 4.90 Å². The number of hydrogen-bond donors (Lipinski definition) is 0. The van der Waals surface area contributed by atoms with Gasteiger partial charge in [-0.3, -0.25) is 4.79 Å². The van der Waals surface area contributed by atoms with Gasteiger partial charge in [-0.15, -0.1) is 11.3 Å². The van der Waals surface area contributed by atoms with Gasteiger partial charge in [0.1, 0.15) is 5.82 Å². The molecule has 3 nitrogen and oxygen atoms in total. The van der Waals surface area contributed by atoms with E-state index in [0.717, 1.165) is 5.69 Å². The average molecular weight is 264 g/mol. The van der Waals surface area contributed by atoms with E-state index in [1.165, 1.54) is 24.3 Å². The Kier molecular flexibility index (Phi) is 3.72. The summed E-state index contributed by atoms with van der Waals surface area (Å²) in [5.41, 5.74) is 3.38. The monoisotopic (exact) mass is 264 g/mol. The molecule has 2 aromatic rings. The molecule has 94 valence electrons. The zero-order chi connectivity index (χ0) is 13.1. The van der Waals surface area contributed by atoms with Gasteiger partial charge in [0.15, 0.2) is 5.78 Å². The fourth-order valence-corrected chi connectivity index (χ4v) is 2.37. The zero-order valence-corrected chi connectivity index (χ0v) is 11.0. The number of ketones is 1. The first-order valence-electron chi connectivity index (χ1n) is 5.47. The van der Waals surface area contributed by atoms with E-state index in [-0.39, 0.29) is 11.3 Å². The van der Waals surface area contributed by atoms with Crippen molar-refractivity contribution in [2.75, 3.05) is 11.9 Å². The minimum absolute atomic E-state index is 0.134. The molecule has 1 aromatic carbocycles. The molecule has 0 amide bonds. The van der Waals surface area contributed by atoms with E-state index in [9.17, 15) is 9.18 Å². The van der Waals surface area contributed by atoms with Crippen molar-refractivity contribution in [3.05, 3.63) is 46.2 Å². The lowest BCUT2D eigenvalue weighted by Gasteiger charge is -2.21. The van der Waals surface area contributed by atoms with Crippen LogP contribution in [-0.2, 0) is 6.54 Å². The number of halogens is 1. The summed E-state index contributed by atoms with van der Waals surface area (Å²) in [5.74, 6) is -0.752. The minimum Gasteiger partial charge on any atom is -0.368 e. The first kappa shape index (κ1) is 12.7. The Balaban J connectivity index is 2.32. The lowest BCUT2D eigenvalue weighted by molar-refractivity contribution is 0.101. The minimum atomic E-state index is -0.481. The van der Waals surface area contributed by atoms with Crippen LogP contribution in [0.25, 0.3) is 0 Å². The first-order valence-corrected chi connectivity index (χ1v) is 6.41. The van der Waals surface area contributed by atoms with E-state index in [1.54, 1.807) is 17.6 Å². The number of aromatic nitrogens is 1. The van der Waals surface area contributed by atoms with Crippen molar-refractivity contribution in [2.24, 2.45) is 0 Å². The lowest BCUT2D eigenvalue weighted by atomic mass is 10.1. The summed E-state index contributed by atoms with van der Waals surface area (Å²) >= 11 is 1.51. The maximum atomic E-state index is 13.7. The third-order valence-electron chi connectivity index (χ3n) is 2.64. The van der Waals surface area contributed by atoms with Gasteiger partial charge in [-0.1, -0.05) is 6.07 Å². The Morgan fingerprint density at radius 2 is 2.28 bits per heavy atom. The topological polar surface area (TPSA) is 33.2 Å². The van der Waals surface area contributed by atoms with Crippen LogP contribution < -0.4 is 4.90 Å². The van der Waals surface area contributed by atoms with Crippen molar-refractivity contribution >= 4 is 22.8 Å². The molecular formula is C13H13FN2OS. The third-order valence-corrected chi connectivity index (χ3v) is 3.27. The Morgan fingerprint density at radius 1 is 1.50 bits per heavy atom. The van der Waals surface area contributed by atoms with Gasteiger partial charge in [-0.2, -0.15) is 0 Å². The maximum absolute atomic E-state index is 13.7. The van der Waals surface area contributed by atoms with Crippen molar-refractivity contribution in [3.63, 3.8) is 0 Å². The molecule has 5 heteroatoms. The van der Waals surface area contributed by atoms with Crippen molar-refractivity contribution in [1.82, 2.24) is 4.98 Å². The number of anilines is 1. The maximum Gasteiger partial charge on any atom is 0.164 e. The predicted molar refractivity (Wildman–Crippen MR) is 70.6 cm³/mol. The largest absolute Gasteiger partial charge is 0.368 e.